The number of rotatable bonds is 6. The molecule has 24 heavy (non-hydrogen) atoms. The van der Waals surface area contributed by atoms with Crippen LogP contribution in [0.15, 0.2) is 30.3 Å². The molecule has 2 atom stereocenters. The summed E-state index contributed by atoms with van der Waals surface area (Å²) in [5.41, 5.74) is 3.45. The molecule has 0 saturated heterocycles. The van der Waals surface area contributed by atoms with Crippen molar-refractivity contribution in [3.05, 3.63) is 58.4 Å². The number of Topliss-reactive ketones (excluding diaryl/α,β-unsaturated/α-hetero) is 1. The van der Waals surface area contributed by atoms with Crippen molar-refractivity contribution in [3.8, 4) is 0 Å². The number of ether oxygens (including phenoxy) is 1. The third-order valence-corrected chi connectivity index (χ3v) is 4.53. The number of H-pyrrole nitrogens is 1. The van der Waals surface area contributed by atoms with Crippen molar-refractivity contribution >= 4 is 11.8 Å². The molecule has 2 aromatic rings. The van der Waals surface area contributed by atoms with Gasteiger partial charge in [0, 0.05) is 11.3 Å². The van der Waals surface area contributed by atoms with Crippen LogP contribution in [0.1, 0.15) is 44.6 Å². The molecular weight excluding hydrogens is 304 g/mol. The highest BCUT2D eigenvalue weighted by Gasteiger charge is 2.29. The first-order valence-electron chi connectivity index (χ1n) is 8.04. The number of hydrogen-bond acceptors (Lipinski definition) is 3. The number of aromatic amines is 1. The number of nitrogens with one attached hydrogen (secondary N) is 2. The summed E-state index contributed by atoms with van der Waals surface area (Å²) in [6.45, 7) is 6.23. The van der Waals surface area contributed by atoms with Crippen LogP contribution in [0.25, 0.3) is 0 Å². The predicted octanol–water partition coefficient (Wildman–Crippen LogP) is 1.70. The quantitative estimate of drug-likeness (QED) is 0.626. The van der Waals surface area contributed by atoms with E-state index in [0.29, 0.717) is 22.5 Å². The molecule has 0 bridgehead atoms. The number of carbonyl (C=O) groups excluding carboxylic acids is 2. The molecule has 5 heteroatoms. The fourth-order valence-corrected chi connectivity index (χ4v) is 2.92. The Kier molecular flexibility index (Phi) is 5.57. The standard InChI is InChI=1S/C19H24N2O3/c1-12-16(19(23)24-5)13(2)20-17(12)18(22)14(3)21(4)11-15-9-7-6-8-10-15/h6-10,14,20H,11H2,1-5H3/p+1/t14-/m0/s1. The summed E-state index contributed by atoms with van der Waals surface area (Å²) in [5.74, 6) is -0.419. The summed E-state index contributed by atoms with van der Waals surface area (Å²) in [7, 11) is 3.35. The Bertz CT molecular complexity index is 735. The Morgan fingerprint density at radius 3 is 2.42 bits per heavy atom. The molecule has 0 aliphatic heterocycles. The van der Waals surface area contributed by atoms with E-state index in [1.807, 2.05) is 32.2 Å². The van der Waals surface area contributed by atoms with Gasteiger partial charge in [-0.3, -0.25) is 4.79 Å². The minimum atomic E-state index is -0.419. The van der Waals surface area contributed by atoms with Gasteiger partial charge in [-0.2, -0.15) is 0 Å². The van der Waals surface area contributed by atoms with E-state index in [1.54, 1.807) is 13.8 Å². The predicted molar refractivity (Wildman–Crippen MR) is 92.4 cm³/mol. The molecule has 0 amide bonds. The third kappa shape index (κ3) is 3.57. The van der Waals surface area contributed by atoms with Crippen LogP contribution in [-0.2, 0) is 11.3 Å². The molecular formula is C19H25N2O3+. The highest BCUT2D eigenvalue weighted by atomic mass is 16.5. The molecule has 0 radical (unpaired) electrons. The monoisotopic (exact) mass is 329 g/mol. The van der Waals surface area contributed by atoms with Gasteiger partial charge < -0.3 is 14.6 Å². The van der Waals surface area contributed by atoms with Gasteiger partial charge in [0.05, 0.1) is 25.4 Å². The summed E-state index contributed by atoms with van der Waals surface area (Å²) in [6, 6.07) is 9.85. The van der Waals surface area contributed by atoms with Crippen LogP contribution in [-0.4, -0.2) is 36.9 Å². The molecule has 1 aromatic carbocycles. The lowest BCUT2D eigenvalue weighted by Gasteiger charge is -2.20. The summed E-state index contributed by atoms with van der Waals surface area (Å²) in [6.07, 6.45) is 0. The van der Waals surface area contributed by atoms with Crippen LogP contribution in [0, 0.1) is 13.8 Å². The second kappa shape index (κ2) is 7.45. The molecule has 1 heterocycles. The average molecular weight is 329 g/mol. The highest BCUT2D eigenvalue weighted by Crippen LogP contribution is 2.19. The first kappa shape index (κ1) is 17.9. The molecule has 0 fully saturated rings. The summed E-state index contributed by atoms with van der Waals surface area (Å²) >= 11 is 0. The maximum atomic E-state index is 12.9. The van der Waals surface area contributed by atoms with Crippen molar-refractivity contribution in [1.29, 1.82) is 0 Å². The van der Waals surface area contributed by atoms with Gasteiger partial charge in [0.25, 0.3) is 0 Å². The largest absolute Gasteiger partial charge is 0.465 e. The molecule has 0 saturated carbocycles. The van der Waals surface area contributed by atoms with E-state index < -0.39 is 5.97 Å². The van der Waals surface area contributed by atoms with Gasteiger partial charge in [-0.15, -0.1) is 0 Å². The lowest BCUT2D eigenvalue weighted by Crippen LogP contribution is -3.12. The SMILES string of the molecule is COC(=O)c1c(C)[nH]c(C(=O)[C@H](C)[NH+](C)Cc2ccccc2)c1C. The van der Waals surface area contributed by atoms with Crippen molar-refractivity contribution < 1.29 is 19.2 Å². The lowest BCUT2D eigenvalue weighted by atomic mass is 10.0. The summed E-state index contributed by atoms with van der Waals surface area (Å²) in [5, 5.41) is 0. The Labute approximate surface area is 142 Å². The molecule has 2 rings (SSSR count). The fraction of sp³-hybridized carbons (Fsp3) is 0.368. The lowest BCUT2D eigenvalue weighted by molar-refractivity contribution is -0.907. The Morgan fingerprint density at radius 1 is 1.21 bits per heavy atom. The molecule has 1 unspecified atom stereocenters. The smallest absolute Gasteiger partial charge is 0.339 e. The molecule has 2 N–H and O–H groups in total. The minimum absolute atomic E-state index is 0.000755. The highest BCUT2D eigenvalue weighted by molar-refractivity contribution is 6.03. The van der Waals surface area contributed by atoms with Gasteiger partial charge in [0.2, 0.25) is 5.78 Å². The number of ketones is 1. The number of aryl methyl sites for hydroxylation is 1. The van der Waals surface area contributed by atoms with Crippen LogP contribution >= 0.6 is 0 Å². The van der Waals surface area contributed by atoms with Gasteiger partial charge in [-0.25, -0.2) is 4.79 Å². The second-order valence-corrected chi connectivity index (χ2v) is 6.21. The molecule has 1 aromatic heterocycles. The number of methoxy groups -OCH3 is 1. The van der Waals surface area contributed by atoms with E-state index in [-0.39, 0.29) is 11.8 Å². The number of esters is 1. The third-order valence-electron chi connectivity index (χ3n) is 4.53. The van der Waals surface area contributed by atoms with Gasteiger partial charge in [-0.1, -0.05) is 30.3 Å². The zero-order chi connectivity index (χ0) is 17.9. The van der Waals surface area contributed by atoms with E-state index >= 15 is 0 Å². The molecule has 128 valence electrons. The van der Waals surface area contributed by atoms with E-state index in [9.17, 15) is 9.59 Å². The maximum absolute atomic E-state index is 12.9. The number of aromatic nitrogens is 1. The molecule has 5 nitrogen and oxygen atoms in total. The first-order valence-corrected chi connectivity index (χ1v) is 8.04. The fourth-order valence-electron chi connectivity index (χ4n) is 2.92. The van der Waals surface area contributed by atoms with Crippen molar-refractivity contribution in [3.63, 3.8) is 0 Å². The summed E-state index contributed by atoms with van der Waals surface area (Å²) < 4.78 is 4.80. The average Bonchev–Trinajstić information content (AvgIpc) is 2.88. The Morgan fingerprint density at radius 2 is 1.83 bits per heavy atom. The number of quaternary nitrogens is 1. The van der Waals surface area contributed by atoms with Crippen LogP contribution in [0.5, 0.6) is 0 Å². The minimum Gasteiger partial charge on any atom is -0.465 e. The van der Waals surface area contributed by atoms with E-state index in [4.69, 9.17) is 4.74 Å². The van der Waals surface area contributed by atoms with Gasteiger partial charge >= 0.3 is 5.97 Å². The number of benzene rings is 1. The van der Waals surface area contributed by atoms with Crippen LogP contribution in [0.2, 0.25) is 0 Å². The van der Waals surface area contributed by atoms with Gasteiger partial charge in [0.15, 0.2) is 6.04 Å². The number of likely N-dealkylation sites (N-methyl/N-ethyl adjacent to an activating group) is 1. The van der Waals surface area contributed by atoms with Gasteiger partial charge in [-0.05, 0) is 26.3 Å². The van der Waals surface area contributed by atoms with E-state index in [0.717, 1.165) is 11.4 Å². The van der Waals surface area contributed by atoms with Crippen molar-refractivity contribution in [2.45, 2.75) is 33.4 Å². The van der Waals surface area contributed by atoms with Gasteiger partial charge in [0.1, 0.15) is 6.54 Å². The van der Waals surface area contributed by atoms with E-state index in [2.05, 4.69) is 17.1 Å². The molecule has 0 spiro atoms. The van der Waals surface area contributed by atoms with Crippen LogP contribution < -0.4 is 4.90 Å². The normalized spacial score (nSPS) is 13.4. The maximum Gasteiger partial charge on any atom is 0.339 e. The van der Waals surface area contributed by atoms with E-state index in [1.165, 1.54) is 12.7 Å². The second-order valence-electron chi connectivity index (χ2n) is 6.21. The Hall–Kier alpha value is -2.40. The van der Waals surface area contributed by atoms with Crippen molar-refractivity contribution in [2.24, 2.45) is 0 Å². The number of carbonyl (C=O) groups is 2. The molecule has 0 aliphatic carbocycles. The van der Waals surface area contributed by atoms with Crippen LogP contribution in [0.4, 0.5) is 0 Å². The zero-order valence-corrected chi connectivity index (χ0v) is 14.9. The topological polar surface area (TPSA) is 63.6 Å². The number of hydrogen-bond donors (Lipinski definition) is 2. The van der Waals surface area contributed by atoms with Crippen LogP contribution in [0.3, 0.4) is 0 Å². The van der Waals surface area contributed by atoms with Crippen molar-refractivity contribution in [2.75, 3.05) is 14.2 Å². The van der Waals surface area contributed by atoms with Crippen molar-refractivity contribution in [1.82, 2.24) is 4.98 Å². The zero-order valence-electron chi connectivity index (χ0n) is 14.9. The summed E-state index contributed by atoms with van der Waals surface area (Å²) in [4.78, 5) is 28.9. The Balaban J connectivity index is 2.20. The molecule has 0 aliphatic rings. The first-order chi connectivity index (χ1) is 11.4.